The van der Waals surface area contributed by atoms with E-state index in [1.165, 1.54) is 18.2 Å². The van der Waals surface area contributed by atoms with Crippen LogP contribution in [0.15, 0.2) is 60.3 Å². The Bertz CT molecular complexity index is 878. The zero-order valence-corrected chi connectivity index (χ0v) is 15.2. The number of imide groups is 1. The van der Waals surface area contributed by atoms with Crippen LogP contribution in [0.5, 0.6) is 0 Å². The van der Waals surface area contributed by atoms with Crippen molar-refractivity contribution in [2.75, 3.05) is 18.5 Å². The molecule has 6 heteroatoms. The molecule has 3 rings (SSSR count). The summed E-state index contributed by atoms with van der Waals surface area (Å²) in [7, 11) is 0. The van der Waals surface area contributed by atoms with Crippen LogP contribution in [-0.4, -0.2) is 36.0 Å². The van der Waals surface area contributed by atoms with Gasteiger partial charge in [-0.25, -0.2) is 4.39 Å². The van der Waals surface area contributed by atoms with Crippen molar-refractivity contribution in [3.8, 4) is 0 Å². The summed E-state index contributed by atoms with van der Waals surface area (Å²) in [4.78, 5) is 27.0. The van der Waals surface area contributed by atoms with E-state index in [1.807, 2.05) is 19.9 Å². The topological polar surface area (TPSA) is 58.6 Å². The van der Waals surface area contributed by atoms with Crippen molar-refractivity contribution in [2.45, 2.75) is 20.0 Å². The van der Waals surface area contributed by atoms with Gasteiger partial charge in [0.1, 0.15) is 11.5 Å². The molecule has 1 aliphatic heterocycles. The number of amides is 2. The van der Waals surface area contributed by atoms with Crippen LogP contribution in [0.1, 0.15) is 19.4 Å². The predicted molar refractivity (Wildman–Crippen MR) is 101 cm³/mol. The molecule has 27 heavy (non-hydrogen) atoms. The van der Waals surface area contributed by atoms with Gasteiger partial charge >= 0.3 is 0 Å². The van der Waals surface area contributed by atoms with Gasteiger partial charge in [-0.15, -0.1) is 0 Å². The maximum Gasteiger partial charge on any atom is 0.278 e. The lowest BCUT2D eigenvalue weighted by atomic mass is 10.0. The van der Waals surface area contributed by atoms with Crippen molar-refractivity contribution < 1.29 is 18.7 Å². The minimum absolute atomic E-state index is 0.00393. The van der Waals surface area contributed by atoms with Crippen LogP contribution in [0.4, 0.5) is 10.1 Å². The van der Waals surface area contributed by atoms with Crippen molar-refractivity contribution in [1.29, 1.82) is 0 Å². The molecule has 0 saturated carbocycles. The highest BCUT2D eigenvalue weighted by Gasteiger charge is 2.38. The molecule has 0 aromatic heterocycles. The Labute approximate surface area is 157 Å². The maximum atomic E-state index is 13.5. The number of benzene rings is 2. The number of halogens is 1. The lowest BCUT2D eigenvalue weighted by molar-refractivity contribution is -0.137. The second kappa shape index (κ2) is 8.14. The number of carbonyl (C=O) groups is 2. The van der Waals surface area contributed by atoms with Crippen molar-refractivity contribution in [3.63, 3.8) is 0 Å². The zero-order valence-electron chi connectivity index (χ0n) is 15.2. The first-order valence-corrected chi connectivity index (χ1v) is 8.77. The van der Waals surface area contributed by atoms with Crippen molar-refractivity contribution >= 4 is 23.1 Å². The molecule has 0 fully saturated rings. The highest BCUT2D eigenvalue weighted by molar-refractivity contribution is 6.36. The van der Waals surface area contributed by atoms with Gasteiger partial charge in [-0.1, -0.05) is 36.4 Å². The Morgan fingerprint density at radius 3 is 2.44 bits per heavy atom. The minimum atomic E-state index is -0.449. The summed E-state index contributed by atoms with van der Waals surface area (Å²) >= 11 is 0. The molecule has 0 atom stereocenters. The Balaban J connectivity index is 1.94. The first-order chi connectivity index (χ1) is 13.0. The van der Waals surface area contributed by atoms with Gasteiger partial charge in [0.25, 0.3) is 11.8 Å². The van der Waals surface area contributed by atoms with E-state index in [1.54, 1.807) is 30.3 Å². The quantitative estimate of drug-likeness (QED) is 0.761. The fraction of sp³-hybridized carbons (Fsp3) is 0.238. The molecular formula is C21H21FN2O3. The highest BCUT2D eigenvalue weighted by Crippen LogP contribution is 2.30. The normalized spacial score (nSPS) is 14.4. The molecular weight excluding hydrogens is 347 g/mol. The number of nitrogens with zero attached hydrogens (tertiary/aromatic N) is 1. The molecule has 140 valence electrons. The van der Waals surface area contributed by atoms with Crippen LogP contribution >= 0.6 is 0 Å². The number of anilines is 1. The van der Waals surface area contributed by atoms with Gasteiger partial charge in [-0.05, 0) is 37.6 Å². The van der Waals surface area contributed by atoms with Gasteiger partial charge in [0.15, 0.2) is 0 Å². The van der Waals surface area contributed by atoms with E-state index in [2.05, 4.69) is 5.32 Å². The molecule has 1 heterocycles. The Kier molecular flexibility index (Phi) is 5.66. The number of rotatable bonds is 7. The molecule has 2 aromatic rings. The van der Waals surface area contributed by atoms with Gasteiger partial charge in [0.05, 0.1) is 24.8 Å². The van der Waals surface area contributed by atoms with Gasteiger partial charge in [0, 0.05) is 5.69 Å². The second-order valence-electron chi connectivity index (χ2n) is 6.43. The lowest BCUT2D eigenvalue weighted by Gasteiger charge is -2.16. The minimum Gasteiger partial charge on any atom is -0.377 e. The summed E-state index contributed by atoms with van der Waals surface area (Å²) in [5.41, 5.74) is 1.44. The molecule has 0 aliphatic carbocycles. The standard InChI is InChI=1S/C21H21FN2O3/c1-14(2)27-12-11-24-20(25)18(15-7-4-3-5-8-15)19(21(24)26)23-17-10-6-9-16(22)13-17/h3-10,13-14,23H,11-12H2,1-2H3. The van der Waals surface area contributed by atoms with Gasteiger partial charge in [-0.2, -0.15) is 0 Å². The van der Waals surface area contributed by atoms with Crippen molar-refractivity contribution in [3.05, 3.63) is 71.7 Å². The number of hydrogen-bond donors (Lipinski definition) is 1. The van der Waals surface area contributed by atoms with Crippen LogP contribution in [-0.2, 0) is 14.3 Å². The number of hydrogen-bond acceptors (Lipinski definition) is 4. The molecule has 0 saturated heterocycles. The molecule has 0 unspecified atom stereocenters. The third kappa shape index (κ3) is 4.23. The van der Waals surface area contributed by atoms with Crippen LogP contribution in [0, 0.1) is 5.82 Å². The Morgan fingerprint density at radius 1 is 1.04 bits per heavy atom. The first-order valence-electron chi connectivity index (χ1n) is 8.77. The third-order valence-electron chi connectivity index (χ3n) is 4.09. The molecule has 1 N–H and O–H groups in total. The smallest absolute Gasteiger partial charge is 0.278 e. The van der Waals surface area contributed by atoms with E-state index in [9.17, 15) is 14.0 Å². The van der Waals surface area contributed by atoms with Gasteiger partial charge < -0.3 is 10.1 Å². The monoisotopic (exact) mass is 368 g/mol. The van der Waals surface area contributed by atoms with E-state index in [-0.39, 0.29) is 30.5 Å². The molecule has 2 aromatic carbocycles. The zero-order chi connectivity index (χ0) is 19.4. The molecule has 0 bridgehead atoms. The summed E-state index contributed by atoms with van der Waals surface area (Å²) in [5.74, 6) is -1.27. The average molecular weight is 368 g/mol. The number of ether oxygens (including phenoxy) is 1. The van der Waals surface area contributed by atoms with Crippen LogP contribution in [0.25, 0.3) is 5.57 Å². The Hall–Kier alpha value is -2.99. The van der Waals surface area contributed by atoms with E-state index in [4.69, 9.17) is 4.74 Å². The SMILES string of the molecule is CC(C)OCCN1C(=O)C(Nc2cccc(F)c2)=C(c2ccccc2)C1=O. The summed E-state index contributed by atoms with van der Waals surface area (Å²) in [5, 5.41) is 2.93. The Morgan fingerprint density at radius 2 is 1.78 bits per heavy atom. The summed E-state index contributed by atoms with van der Waals surface area (Å²) in [6.45, 7) is 4.18. The highest BCUT2D eigenvalue weighted by atomic mass is 19.1. The van der Waals surface area contributed by atoms with E-state index >= 15 is 0 Å². The fourth-order valence-electron chi connectivity index (χ4n) is 2.86. The fourth-order valence-corrected chi connectivity index (χ4v) is 2.86. The summed E-state index contributed by atoms with van der Waals surface area (Å²) in [6, 6.07) is 14.7. The first kappa shape index (κ1) is 18.8. The lowest BCUT2D eigenvalue weighted by Crippen LogP contribution is -2.35. The summed E-state index contributed by atoms with van der Waals surface area (Å²) < 4.78 is 19.0. The van der Waals surface area contributed by atoms with E-state index in [0.29, 0.717) is 11.3 Å². The molecule has 0 radical (unpaired) electrons. The van der Waals surface area contributed by atoms with E-state index < -0.39 is 17.6 Å². The molecule has 0 spiro atoms. The van der Waals surface area contributed by atoms with Crippen molar-refractivity contribution in [1.82, 2.24) is 4.90 Å². The third-order valence-corrected chi connectivity index (χ3v) is 4.09. The largest absolute Gasteiger partial charge is 0.377 e. The van der Waals surface area contributed by atoms with Crippen LogP contribution in [0.3, 0.4) is 0 Å². The predicted octanol–water partition coefficient (Wildman–Crippen LogP) is 3.44. The van der Waals surface area contributed by atoms with Gasteiger partial charge in [0.2, 0.25) is 0 Å². The van der Waals surface area contributed by atoms with Crippen LogP contribution in [0.2, 0.25) is 0 Å². The molecule has 1 aliphatic rings. The van der Waals surface area contributed by atoms with Crippen molar-refractivity contribution in [2.24, 2.45) is 0 Å². The summed E-state index contributed by atoms with van der Waals surface area (Å²) in [6.07, 6.45) is 0.00393. The van der Waals surface area contributed by atoms with E-state index in [0.717, 1.165) is 4.90 Å². The van der Waals surface area contributed by atoms with Crippen LogP contribution < -0.4 is 5.32 Å². The maximum absolute atomic E-state index is 13.5. The molecule has 5 nitrogen and oxygen atoms in total. The number of nitrogens with one attached hydrogen (secondary N) is 1. The second-order valence-corrected chi connectivity index (χ2v) is 6.43. The van der Waals surface area contributed by atoms with Gasteiger partial charge in [-0.3, -0.25) is 14.5 Å². The average Bonchev–Trinajstić information content (AvgIpc) is 2.86. The number of carbonyl (C=O) groups excluding carboxylic acids is 2. The molecule has 2 amide bonds.